The van der Waals surface area contributed by atoms with Crippen molar-refractivity contribution in [3.8, 4) is 44.8 Å². The minimum Gasteiger partial charge on any atom is -0.258 e. The van der Waals surface area contributed by atoms with E-state index in [9.17, 15) is 0 Å². The number of aliphatic imine (C=N–C) groups is 2. The van der Waals surface area contributed by atoms with E-state index in [1.54, 1.807) is 0 Å². The molecule has 0 fully saturated rings. The summed E-state index contributed by atoms with van der Waals surface area (Å²) in [6.45, 7) is 4.61. The van der Waals surface area contributed by atoms with Crippen molar-refractivity contribution in [1.29, 1.82) is 0 Å². The Hall–Kier alpha value is -6.71. The normalized spacial score (nSPS) is 16.9. The molecule has 0 amide bonds. The molecule has 1 aliphatic heterocycles. The number of aromatic nitrogens is 1. The van der Waals surface area contributed by atoms with Crippen LogP contribution >= 0.6 is 0 Å². The van der Waals surface area contributed by atoms with Gasteiger partial charge in [0.15, 0.2) is 5.84 Å². The zero-order valence-electron chi connectivity index (χ0n) is 31.0. The Labute approximate surface area is 323 Å². The lowest BCUT2D eigenvalue weighted by Crippen LogP contribution is -2.23. The Balaban J connectivity index is 1.10. The predicted molar refractivity (Wildman–Crippen MR) is 231 cm³/mol. The average Bonchev–Trinajstić information content (AvgIpc) is 3.39. The van der Waals surface area contributed by atoms with Crippen molar-refractivity contribution in [1.82, 2.24) is 4.98 Å². The predicted octanol–water partition coefficient (Wildman–Crippen LogP) is 13.2. The van der Waals surface area contributed by atoms with Crippen molar-refractivity contribution in [2.75, 3.05) is 0 Å². The third kappa shape index (κ3) is 6.82. The Kier molecular flexibility index (Phi) is 9.27. The molecule has 0 saturated carbocycles. The van der Waals surface area contributed by atoms with Gasteiger partial charge in [0.2, 0.25) is 0 Å². The van der Waals surface area contributed by atoms with Crippen molar-refractivity contribution in [3.63, 3.8) is 0 Å². The second-order valence-corrected chi connectivity index (χ2v) is 14.5. The maximum Gasteiger partial charge on any atom is 0.155 e. The molecule has 0 spiro atoms. The van der Waals surface area contributed by atoms with E-state index in [4.69, 9.17) is 15.0 Å². The summed E-state index contributed by atoms with van der Waals surface area (Å²) in [7, 11) is 0. The summed E-state index contributed by atoms with van der Waals surface area (Å²) in [5.41, 5.74) is 13.3. The lowest BCUT2D eigenvalue weighted by atomic mass is 9.81. The zero-order valence-corrected chi connectivity index (χ0v) is 31.0. The Morgan fingerprint density at radius 2 is 0.909 bits per heavy atom. The van der Waals surface area contributed by atoms with E-state index in [0.717, 1.165) is 50.8 Å². The van der Waals surface area contributed by atoms with Crippen LogP contribution in [0.2, 0.25) is 0 Å². The molecule has 9 rings (SSSR count). The molecule has 0 N–H and O–H groups in total. The van der Waals surface area contributed by atoms with Crippen LogP contribution in [0.5, 0.6) is 0 Å². The highest BCUT2D eigenvalue weighted by atomic mass is 15.0. The lowest BCUT2D eigenvalue weighted by Gasteiger charge is -2.26. The van der Waals surface area contributed by atoms with Gasteiger partial charge in [0, 0.05) is 22.6 Å². The second-order valence-electron chi connectivity index (χ2n) is 14.5. The third-order valence-corrected chi connectivity index (χ3v) is 11.1. The van der Waals surface area contributed by atoms with Gasteiger partial charge in [-0.2, -0.15) is 0 Å². The highest BCUT2D eigenvalue weighted by molar-refractivity contribution is 6.14. The topological polar surface area (TPSA) is 37.6 Å². The first-order valence-electron chi connectivity index (χ1n) is 19.1. The molecule has 264 valence electrons. The van der Waals surface area contributed by atoms with Crippen molar-refractivity contribution >= 4 is 22.3 Å². The van der Waals surface area contributed by atoms with Crippen LogP contribution in [-0.2, 0) is 0 Å². The van der Waals surface area contributed by atoms with Gasteiger partial charge in [-0.1, -0.05) is 196 Å². The summed E-state index contributed by atoms with van der Waals surface area (Å²) in [4.78, 5) is 15.9. The molecule has 3 nitrogen and oxygen atoms in total. The number of rotatable bonds is 7. The van der Waals surface area contributed by atoms with E-state index in [0.29, 0.717) is 0 Å². The molecule has 8 aromatic rings. The fraction of sp³-hybridized carbons (Fsp3) is 0.0962. The van der Waals surface area contributed by atoms with Crippen molar-refractivity contribution < 1.29 is 0 Å². The number of amidine groups is 1. The molecular formula is C52H41N3. The molecule has 0 aliphatic carbocycles. The van der Waals surface area contributed by atoms with Crippen LogP contribution in [0.25, 0.3) is 55.5 Å². The summed E-state index contributed by atoms with van der Waals surface area (Å²) in [6, 6.07) is 68.6. The molecule has 1 aliphatic rings. The largest absolute Gasteiger partial charge is 0.258 e. The molecule has 2 heterocycles. The van der Waals surface area contributed by atoms with Gasteiger partial charge >= 0.3 is 0 Å². The first-order valence-corrected chi connectivity index (χ1v) is 19.1. The minimum atomic E-state index is -0.0508. The summed E-state index contributed by atoms with van der Waals surface area (Å²) in [6.07, 6.45) is 0. The Bertz CT molecular complexity index is 2590. The van der Waals surface area contributed by atoms with E-state index in [-0.39, 0.29) is 17.9 Å². The molecule has 0 radical (unpaired) electrons. The van der Waals surface area contributed by atoms with Crippen LogP contribution < -0.4 is 0 Å². The molecule has 0 saturated heterocycles. The molecule has 0 bridgehead atoms. The molecule has 55 heavy (non-hydrogen) atoms. The van der Waals surface area contributed by atoms with Crippen LogP contribution in [0.15, 0.2) is 204 Å². The second kappa shape index (κ2) is 15.0. The standard InChI is InChI=1S/C52H41N3/c1-35-36(2)51(55-52(42-23-13-6-14-24-42)54-50(35)40-21-11-5-12-22-40)41-29-27-38(28-30-41)44-31-32-47(46-26-16-15-25-45(44)46)49-34-43(37-17-7-3-8-18-37)33-48(53-49)39-19-9-4-10-20-39/h3-36,51H,1-2H3. The van der Waals surface area contributed by atoms with Gasteiger partial charge in [-0.25, -0.2) is 9.98 Å². The maximum atomic E-state index is 5.40. The van der Waals surface area contributed by atoms with Crippen LogP contribution in [0.3, 0.4) is 0 Å². The van der Waals surface area contributed by atoms with E-state index in [1.807, 2.05) is 12.1 Å². The van der Waals surface area contributed by atoms with Gasteiger partial charge in [-0.15, -0.1) is 0 Å². The Morgan fingerprint density at radius 3 is 1.55 bits per heavy atom. The first kappa shape index (κ1) is 34.1. The maximum absolute atomic E-state index is 5.40. The minimum absolute atomic E-state index is 0.0508. The number of benzene rings is 7. The van der Waals surface area contributed by atoms with Gasteiger partial charge in [0.25, 0.3) is 0 Å². The highest BCUT2D eigenvalue weighted by Gasteiger charge is 2.31. The van der Waals surface area contributed by atoms with Crippen molar-refractivity contribution in [3.05, 3.63) is 211 Å². The number of pyridine rings is 1. The Morgan fingerprint density at radius 1 is 0.400 bits per heavy atom. The number of hydrogen-bond donors (Lipinski definition) is 0. The van der Waals surface area contributed by atoms with Crippen LogP contribution in [0, 0.1) is 11.8 Å². The van der Waals surface area contributed by atoms with Gasteiger partial charge in [-0.05, 0) is 62.2 Å². The van der Waals surface area contributed by atoms with Gasteiger partial charge in [-0.3, -0.25) is 4.99 Å². The molecule has 7 aromatic carbocycles. The molecule has 3 heteroatoms. The molecular weight excluding hydrogens is 667 g/mol. The third-order valence-electron chi connectivity index (χ3n) is 11.1. The van der Waals surface area contributed by atoms with E-state index >= 15 is 0 Å². The van der Waals surface area contributed by atoms with Crippen LogP contribution in [-0.4, -0.2) is 16.5 Å². The van der Waals surface area contributed by atoms with Crippen LogP contribution in [0.4, 0.5) is 0 Å². The van der Waals surface area contributed by atoms with Crippen molar-refractivity contribution in [2.24, 2.45) is 21.8 Å². The number of fused-ring (bicyclic) bond motifs is 1. The van der Waals surface area contributed by atoms with Gasteiger partial charge in [0.05, 0.1) is 23.1 Å². The SMILES string of the molecule is CC1C(c2ccccc2)=NC(c2ccccc2)=NC(c2ccc(-c3ccc(-c4cc(-c5ccccc5)cc(-c5ccccc5)n4)c4ccccc34)cc2)C1C. The molecule has 3 atom stereocenters. The van der Waals surface area contributed by atoms with E-state index in [1.165, 1.54) is 33.0 Å². The summed E-state index contributed by atoms with van der Waals surface area (Å²) in [5.74, 6) is 1.21. The smallest absolute Gasteiger partial charge is 0.155 e. The average molecular weight is 708 g/mol. The summed E-state index contributed by atoms with van der Waals surface area (Å²) < 4.78 is 0. The summed E-state index contributed by atoms with van der Waals surface area (Å²) >= 11 is 0. The zero-order chi connectivity index (χ0) is 37.1. The lowest BCUT2D eigenvalue weighted by molar-refractivity contribution is 0.406. The number of nitrogens with zero attached hydrogens (tertiary/aromatic N) is 3. The van der Waals surface area contributed by atoms with Gasteiger partial charge in [0.1, 0.15) is 0 Å². The number of hydrogen-bond acceptors (Lipinski definition) is 3. The first-order chi connectivity index (χ1) is 27.1. The van der Waals surface area contributed by atoms with Crippen LogP contribution in [0.1, 0.15) is 36.6 Å². The van der Waals surface area contributed by atoms with Gasteiger partial charge < -0.3 is 0 Å². The van der Waals surface area contributed by atoms with E-state index in [2.05, 4.69) is 196 Å². The fourth-order valence-corrected chi connectivity index (χ4v) is 7.91. The quantitative estimate of drug-likeness (QED) is 0.162. The highest BCUT2D eigenvalue weighted by Crippen LogP contribution is 2.40. The summed E-state index contributed by atoms with van der Waals surface area (Å²) in [5, 5.41) is 2.37. The molecule has 3 unspecified atom stereocenters. The van der Waals surface area contributed by atoms with E-state index < -0.39 is 0 Å². The molecule has 1 aromatic heterocycles. The fourth-order valence-electron chi connectivity index (χ4n) is 7.91. The monoisotopic (exact) mass is 707 g/mol. The van der Waals surface area contributed by atoms with Crippen molar-refractivity contribution in [2.45, 2.75) is 19.9 Å².